The van der Waals surface area contributed by atoms with Gasteiger partial charge < -0.3 is 4.74 Å². The van der Waals surface area contributed by atoms with Crippen molar-refractivity contribution in [2.24, 2.45) is 5.92 Å². The summed E-state index contributed by atoms with van der Waals surface area (Å²) in [7, 11) is -3.85. The highest BCUT2D eigenvalue weighted by molar-refractivity contribution is 7.91. The Morgan fingerprint density at radius 1 is 1.10 bits per heavy atom. The topological polar surface area (TPSA) is 46.6 Å². The minimum atomic E-state index is -4.60. The number of sulfone groups is 1. The lowest BCUT2D eigenvalue weighted by Gasteiger charge is -2.17. The maximum Gasteiger partial charge on any atom is 0.416 e. The summed E-state index contributed by atoms with van der Waals surface area (Å²) in [5.74, 6) is -0.0608. The molecule has 0 bridgehead atoms. The first-order valence-electron chi connectivity index (χ1n) is 9.65. The molecule has 1 aliphatic rings. The zero-order valence-corrected chi connectivity index (χ0v) is 17.3. The van der Waals surface area contributed by atoms with Crippen LogP contribution in [0.1, 0.15) is 17.5 Å². The number of halogens is 5. The largest absolute Gasteiger partial charge is 0.488 e. The van der Waals surface area contributed by atoms with Gasteiger partial charge in [-0.3, -0.25) is 4.90 Å². The second-order valence-electron chi connectivity index (χ2n) is 7.54. The smallest absolute Gasteiger partial charge is 0.416 e. The number of rotatable bonds is 8. The summed E-state index contributed by atoms with van der Waals surface area (Å²) in [6.07, 6.45) is -6.53. The van der Waals surface area contributed by atoms with Crippen LogP contribution in [-0.2, 0) is 22.6 Å². The van der Waals surface area contributed by atoms with Gasteiger partial charge in [-0.15, -0.1) is 0 Å². The summed E-state index contributed by atoms with van der Waals surface area (Å²) in [5.41, 5.74) is -0.0617. The van der Waals surface area contributed by atoms with Gasteiger partial charge in [0.2, 0.25) is 0 Å². The molecular weight excluding hydrogens is 441 g/mol. The molecule has 0 saturated carbocycles. The van der Waals surface area contributed by atoms with Gasteiger partial charge in [-0.2, -0.15) is 13.2 Å². The van der Waals surface area contributed by atoms with E-state index in [2.05, 4.69) is 4.90 Å². The standard InChI is InChI=1S/C21H22F5NO3S/c22-20(23)13-30-18-6-4-15(5-7-18)11-27-9-8-16(12-27)14-31(28,29)19-3-1-2-17(10-19)21(24,25)26/h1-7,10,16,20H,8-9,11-14H2/t16-/m1/s1. The Labute approximate surface area is 177 Å². The van der Waals surface area contributed by atoms with Crippen LogP contribution in [0.2, 0.25) is 0 Å². The van der Waals surface area contributed by atoms with Crippen molar-refractivity contribution in [2.75, 3.05) is 25.4 Å². The predicted molar refractivity (Wildman–Crippen MR) is 105 cm³/mol. The highest BCUT2D eigenvalue weighted by atomic mass is 32.2. The predicted octanol–water partition coefficient (Wildman–Crippen LogP) is 4.65. The number of likely N-dealkylation sites (tertiary alicyclic amines) is 1. The van der Waals surface area contributed by atoms with E-state index in [1.807, 2.05) is 0 Å². The van der Waals surface area contributed by atoms with E-state index in [1.54, 1.807) is 24.3 Å². The van der Waals surface area contributed by atoms with E-state index in [0.717, 1.165) is 17.7 Å². The van der Waals surface area contributed by atoms with Crippen molar-refractivity contribution in [3.05, 3.63) is 59.7 Å². The maximum absolute atomic E-state index is 12.9. The number of nitrogens with zero attached hydrogens (tertiary/aromatic N) is 1. The zero-order chi connectivity index (χ0) is 22.6. The first kappa shape index (κ1) is 23.5. The van der Waals surface area contributed by atoms with Crippen LogP contribution in [-0.4, -0.2) is 45.2 Å². The summed E-state index contributed by atoms with van der Waals surface area (Å²) in [5, 5.41) is 0. The highest BCUT2D eigenvalue weighted by Gasteiger charge is 2.33. The van der Waals surface area contributed by atoms with E-state index in [0.29, 0.717) is 37.9 Å². The molecule has 0 aliphatic carbocycles. The molecule has 2 aromatic carbocycles. The Balaban J connectivity index is 1.56. The number of hydrogen-bond donors (Lipinski definition) is 0. The molecule has 0 spiro atoms. The van der Waals surface area contributed by atoms with Crippen molar-refractivity contribution in [2.45, 2.75) is 30.5 Å². The Morgan fingerprint density at radius 3 is 2.45 bits per heavy atom. The Bertz CT molecular complexity index is 977. The minimum Gasteiger partial charge on any atom is -0.488 e. The van der Waals surface area contributed by atoms with Crippen molar-refractivity contribution >= 4 is 9.84 Å². The first-order valence-corrected chi connectivity index (χ1v) is 11.3. The third-order valence-electron chi connectivity index (χ3n) is 5.05. The molecule has 3 rings (SSSR count). The van der Waals surface area contributed by atoms with Gasteiger partial charge in [0, 0.05) is 13.1 Å². The lowest BCUT2D eigenvalue weighted by atomic mass is 10.1. The number of benzene rings is 2. The van der Waals surface area contributed by atoms with Crippen LogP contribution in [0.15, 0.2) is 53.4 Å². The van der Waals surface area contributed by atoms with Crippen molar-refractivity contribution in [3.8, 4) is 5.75 Å². The molecule has 4 nitrogen and oxygen atoms in total. The van der Waals surface area contributed by atoms with Crippen LogP contribution in [0.25, 0.3) is 0 Å². The molecule has 10 heteroatoms. The third kappa shape index (κ3) is 6.64. The van der Waals surface area contributed by atoms with Crippen LogP contribution >= 0.6 is 0 Å². The second-order valence-corrected chi connectivity index (χ2v) is 9.58. The Hall–Kier alpha value is -2.20. The SMILES string of the molecule is O=S(=O)(C[C@@H]1CCN(Cc2ccc(OCC(F)F)cc2)C1)c1cccc(C(F)(F)F)c1. The molecule has 0 amide bonds. The third-order valence-corrected chi connectivity index (χ3v) is 6.93. The van der Waals surface area contributed by atoms with Gasteiger partial charge >= 0.3 is 6.18 Å². The van der Waals surface area contributed by atoms with Gasteiger partial charge in [0.1, 0.15) is 12.4 Å². The molecule has 31 heavy (non-hydrogen) atoms. The van der Waals surface area contributed by atoms with Crippen LogP contribution in [0.4, 0.5) is 22.0 Å². The van der Waals surface area contributed by atoms with Crippen molar-refractivity contribution in [3.63, 3.8) is 0 Å². The van der Waals surface area contributed by atoms with E-state index in [4.69, 9.17) is 4.74 Å². The molecule has 1 aliphatic heterocycles. The summed E-state index contributed by atoms with van der Waals surface area (Å²) in [4.78, 5) is 1.74. The van der Waals surface area contributed by atoms with Gasteiger partial charge in [-0.05, 0) is 54.8 Å². The second kappa shape index (κ2) is 9.52. The van der Waals surface area contributed by atoms with E-state index >= 15 is 0 Å². The fourth-order valence-electron chi connectivity index (χ4n) is 3.57. The normalized spacial score (nSPS) is 17.9. The molecule has 0 N–H and O–H groups in total. The van der Waals surface area contributed by atoms with Crippen molar-refractivity contribution in [1.29, 1.82) is 0 Å². The molecule has 0 unspecified atom stereocenters. The molecule has 2 aromatic rings. The van der Waals surface area contributed by atoms with Gasteiger partial charge in [0.25, 0.3) is 6.43 Å². The maximum atomic E-state index is 12.9. The zero-order valence-electron chi connectivity index (χ0n) is 16.5. The highest BCUT2D eigenvalue weighted by Crippen LogP contribution is 2.31. The Morgan fingerprint density at radius 2 is 1.81 bits per heavy atom. The van der Waals surface area contributed by atoms with Gasteiger partial charge in [0.15, 0.2) is 9.84 Å². The molecule has 0 radical (unpaired) electrons. The van der Waals surface area contributed by atoms with Crippen LogP contribution < -0.4 is 4.74 Å². The average Bonchev–Trinajstić information content (AvgIpc) is 3.13. The fourth-order valence-corrected chi connectivity index (χ4v) is 5.25. The lowest BCUT2D eigenvalue weighted by molar-refractivity contribution is -0.137. The molecule has 1 heterocycles. The molecule has 0 aromatic heterocycles. The fraction of sp³-hybridized carbons (Fsp3) is 0.429. The van der Waals surface area contributed by atoms with Gasteiger partial charge in [-0.25, -0.2) is 17.2 Å². The molecule has 1 saturated heterocycles. The summed E-state index contributed by atoms with van der Waals surface area (Å²) < 4.78 is 93.2. The van der Waals surface area contributed by atoms with Crippen molar-refractivity contribution < 1.29 is 35.1 Å². The number of hydrogen-bond acceptors (Lipinski definition) is 4. The van der Waals surface area contributed by atoms with E-state index in [1.165, 1.54) is 6.07 Å². The molecule has 170 valence electrons. The summed E-state index contributed by atoms with van der Waals surface area (Å²) >= 11 is 0. The van der Waals surface area contributed by atoms with Gasteiger partial charge in [0.05, 0.1) is 16.2 Å². The Kier molecular flexibility index (Phi) is 7.20. The minimum absolute atomic E-state index is 0.187. The van der Waals surface area contributed by atoms with E-state index in [-0.39, 0.29) is 16.6 Å². The van der Waals surface area contributed by atoms with Crippen LogP contribution in [0.5, 0.6) is 5.75 Å². The molecular formula is C21H22F5NO3S. The van der Waals surface area contributed by atoms with Crippen molar-refractivity contribution in [1.82, 2.24) is 4.90 Å². The van der Waals surface area contributed by atoms with E-state index < -0.39 is 34.6 Å². The summed E-state index contributed by atoms with van der Waals surface area (Å²) in [6.45, 7) is 1.04. The van der Waals surface area contributed by atoms with Crippen LogP contribution in [0, 0.1) is 5.92 Å². The quantitative estimate of drug-likeness (QED) is 0.535. The molecule has 1 fully saturated rings. The first-order chi connectivity index (χ1) is 14.5. The summed E-state index contributed by atoms with van der Waals surface area (Å²) in [6, 6.07) is 10.5. The van der Waals surface area contributed by atoms with Crippen LogP contribution in [0.3, 0.4) is 0 Å². The number of alkyl halides is 5. The average molecular weight is 463 g/mol. The molecule has 1 atom stereocenters. The van der Waals surface area contributed by atoms with E-state index in [9.17, 15) is 30.4 Å². The lowest BCUT2D eigenvalue weighted by Crippen LogP contribution is -2.23. The van der Waals surface area contributed by atoms with Gasteiger partial charge in [-0.1, -0.05) is 18.2 Å². The number of ether oxygens (including phenoxy) is 1. The monoisotopic (exact) mass is 463 g/mol.